The molecule has 1 aliphatic heterocycles. The summed E-state index contributed by atoms with van der Waals surface area (Å²) in [7, 11) is -2.98. The summed E-state index contributed by atoms with van der Waals surface area (Å²) < 4.78 is 65.0. The Labute approximate surface area is 114 Å². The van der Waals surface area contributed by atoms with Crippen LogP contribution in [0.4, 0.5) is 13.2 Å². The molecule has 6 nitrogen and oxygen atoms in total. The third-order valence-electron chi connectivity index (χ3n) is 2.93. The van der Waals surface area contributed by atoms with Crippen LogP contribution in [0.3, 0.4) is 0 Å². The van der Waals surface area contributed by atoms with E-state index in [9.17, 15) is 31.5 Å². The molecule has 1 fully saturated rings. The van der Waals surface area contributed by atoms with Gasteiger partial charge >= 0.3 is 12.1 Å². The van der Waals surface area contributed by atoms with Gasteiger partial charge in [-0.25, -0.2) is 8.42 Å². The van der Waals surface area contributed by atoms with E-state index in [-0.39, 0.29) is 13.0 Å². The first kappa shape index (κ1) is 17.2. The van der Waals surface area contributed by atoms with Crippen molar-refractivity contribution < 1.29 is 36.2 Å². The molecule has 0 aliphatic carbocycles. The van der Waals surface area contributed by atoms with Crippen molar-refractivity contribution >= 4 is 16.0 Å². The number of ether oxygens (including phenoxy) is 1. The SMILES string of the molecule is COC(=O)C1CC(O)CN1S(=O)(=O)CCCC(F)(F)F. The Hall–Kier alpha value is -0.870. The van der Waals surface area contributed by atoms with Gasteiger partial charge in [-0.1, -0.05) is 0 Å². The van der Waals surface area contributed by atoms with Crippen molar-refractivity contribution in [2.24, 2.45) is 0 Å². The van der Waals surface area contributed by atoms with Gasteiger partial charge in [-0.2, -0.15) is 17.5 Å². The Morgan fingerprint density at radius 2 is 2.05 bits per heavy atom. The van der Waals surface area contributed by atoms with Crippen molar-refractivity contribution in [2.45, 2.75) is 37.6 Å². The maximum absolute atomic E-state index is 12.0. The van der Waals surface area contributed by atoms with Crippen LogP contribution in [0, 0.1) is 0 Å². The summed E-state index contributed by atoms with van der Waals surface area (Å²) in [4.78, 5) is 11.4. The largest absolute Gasteiger partial charge is 0.468 e. The Kier molecular flexibility index (Phi) is 5.39. The van der Waals surface area contributed by atoms with Gasteiger partial charge in [-0.3, -0.25) is 4.79 Å². The fourth-order valence-electron chi connectivity index (χ4n) is 2.01. The van der Waals surface area contributed by atoms with Gasteiger partial charge in [0.15, 0.2) is 0 Å². The first-order chi connectivity index (χ1) is 9.07. The standard InChI is InChI=1S/C10H16F3NO5S/c1-19-9(16)8-5-7(15)6-14(8)20(17,18)4-2-3-10(11,12)13/h7-8,15H,2-6H2,1H3. The summed E-state index contributed by atoms with van der Waals surface area (Å²) >= 11 is 0. The minimum Gasteiger partial charge on any atom is -0.468 e. The van der Waals surface area contributed by atoms with Gasteiger partial charge in [0.25, 0.3) is 0 Å². The molecule has 1 saturated heterocycles. The number of hydrogen-bond acceptors (Lipinski definition) is 5. The lowest BCUT2D eigenvalue weighted by Crippen LogP contribution is -2.42. The van der Waals surface area contributed by atoms with E-state index in [1.165, 1.54) is 0 Å². The lowest BCUT2D eigenvalue weighted by atomic mass is 10.2. The maximum Gasteiger partial charge on any atom is 0.389 e. The second-order valence-corrected chi connectivity index (χ2v) is 6.57. The van der Waals surface area contributed by atoms with Gasteiger partial charge in [0.2, 0.25) is 10.0 Å². The third-order valence-corrected chi connectivity index (χ3v) is 4.85. The summed E-state index contributed by atoms with van der Waals surface area (Å²) in [6.07, 6.45) is -7.39. The van der Waals surface area contributed by atoms with Crippen LogP contribution in [0.1, 0.15) is 19.3 Å². The first-order valence-corrected chi connectivity index (χ1v) is 7.50. The molecule has 0 radical (unpaired) electrons. The molecule has 2 atom stereocenters. The third kappa shape index (κ3) is 4.60. The molecule has 0 saturated carbocycles. The van der Waals surface area contributed by atoms with Crippen molar-refractivity contribution in [2.75, 3.05) is 19.4 Å². The number of aliphatic hydroxyl groups excluding tert-OH is 1. The summed E-state index contributed by atoms with van der Waals surface area (Å²) in [5, 5.41) is 9.44. The van der Waals surface area contributed by atoms with Crippen LogP contribution in [0.5, 0.6) is 0 Å². The number of methoxy groups -OCH3 is 1. The molecule has 1 N–H and O–H groups in total. The summed E-state index contributed by atoms with van der Waals surface area (Å²) in [6.45, 7) is -0.311. The Morgan fingerprint density at radius 3 is 2.55 bits per heavy atom. The molecule has 10 heteroatoms. The zero-order valence-corrected chi connectivity index (χ0v) is 11.6. The highest BCUT2D eigenvalue weighted by molar-refractivity contribution is 7.89. The number of rotatable bonds is 5. The maximum atomic E-state index is 12.0. The van der Waals surface area contributed by atoms with E-state index in [2.05, 4.69) is 4.74 Å². The van der Waals surface area contributed by atoms with Crippen LogP contribution in [-0.2, 0) is 19.6 Å². The van der Waals surface area contributed by atoms with E-state index < -0.39 is 52.9 Å². The van der Waals surface area contributed by atoms with Crippen LogP contribution in [0.25, 0.3) is 0 Å². The van der Waals surface area contributed by atoms with Crippen LogP contribution in [-0.4, -0.2) is 61.5 Å². The summed E-state index contributed by atoms with van der Waals surface area (Å²) in [6, 6.07) is -1.18. The summed E-state index contributed by atoms with van der Waals surface area (Å²) in [5.41, 5.74) is 0. The van der Waals surface area contributed by atoms with Crippen molar-refractivity contribution in [3.63, 3.8) is 0 Å². The molecule has 0 aromatic heterocycles. The van der Waals surface area contributed by atoms with Gasteiger partial charge in [0.1, 0.15) is 6.04 Å². The number of nitrogens with zero attached hydrogens (tertiary/aromatic N) is 1. The molecule has 0 aromatic carbocycles. The minimum atomic E-state index is -4.43. The lowest BCUT2D eigenvalue weighted by Gasteiger charge is -2.21. The van der Waals surface area contributed by atoms with E-state index in [1.54, 1.807) is 0 Å². The molecule has 0 aromatic rings. The number of alkyl halides is 3. The highest BCUT2D eigenvalue weighted by Gasteiger charge is 2.43. The van der Waals surface area contributed by atoms with E-state index in [0.717, 1.165) is 11.4 Å². The molecule has 1 aliphatic rings. The number of β-amino-alcohol motifs (C(OH)–C–C–N with tert-alkyl or cyclic N) is 1. The molecule has 0 spiro atoms. The number of esters is 1. The van der Waals surface area contributed by atoms with Gasteiger partial charge in [0, 0.05) is 19.4 Å². The number of carbonyl (C=O) groups excluding carboxylic acids is 1. The van der Waals surface area contributed by atoms with Gasteiger partial charge in [0.05, 0.1) is 19.0 Å². The molecule has 1 rings (SSSR count). The van der Waals surface area contributed by atoms with Gasteiger partial charge < -0.3 is 9.84 Å². The van der Waals surface area contributed by atoms with E-state index in [1.807, 2.05) is 0 Å². The van der Waals surface area contributed by atoms with E-state index in [0.29, 0.717) is 0 Å². The Morgan fingerprint density at radius 1 is 1.45 bits per heavy atom. The van der Waals surface area contributed by atoms with E-state index in [4.69, 9.17) is 0 Å². The van der Waals surface area contributed by atoms with Gasteiger partial charge in [-0.15, -0.1) is 0 Å². The van der Waals surface area contributed by atoms with Crippen molar-refractivity contribution in [3.05, 3.63) is 0 Å². The minimum absolute atomic E-state index is 0.120. The number of hydrogen-bond donors (Lipinski definition) is 1. The molecule has 20 heavy (non-hydrogen) atoms. The fraction of sp³-hybridized carbons (Fsp3) is 0.900. The molecule has 2 unspecified atom stereocenters. The average molecular weight is 319 g/mol. The normalized spacial score (nSPS) is 24.9. The van der Waals surface area contributed by atoms with E-state index >= 15 is 0 Å². The molecule has 0 bridgehead atoms. The van der Waals surface area contributed by atoms with Gasteiger partial charge in [-0.05, 0) is 6.42 Å². The lowest BCUT2D eigenvalue weighted by molar-refractivity contribution is -0.144. The first-order valence-electron chi connectivity index (χ1n) is 5.89. The fourth-order valence-corrected chi connectivity index (χ4v) is 3.72. The molecule has 118 valence electrons. The van der Waals surface area contributed by atoms with Crippen LogP contribution in [0.2, 0.25) is 0 Å². The highest BCUT2D eigenvalue weighted by Crippen LogP contribution is 2.26. The molecule has 0 amide bonds. The smallest absolute Gasteiger partial charge is 0.389 e. The Bertz CT molecular complexity index is 450. The topological polar surface area (TPSA) is 83.9 Å². The number of halogens is 3. The monoisotopic (exact) mass is 319 g/mol. The zero-order valence-electron chi connectivity index (χ0n) is 10.8. The Balaban J connectivity index is 2.72. The van der Waals surface area contributed by atoms with Crippen LogP contribution < -0.4 is 0 Å². The van der Waals surface area contributed by atoms with Crippen molar-refractivity contribution in [1.82, 2.24) is 4.31 Å². The zero-order chi connectivity index (χ0) is 15.6. The quantitative estimate of drug-likeness (QED) is 0.735. The second kappa shape index (κ2) is 6.27. The highest BCUT2D eigenvalue weighted by atomic mass is 32.2. The number of carbonyl (C=O) groups is 1. The number of aliphatic hydroxyl groups is 1. The molecular formula is C10H16F3NO5S. The van der Waals surface area contributed by atoms with Crippen molar-refractivity contribution in [1.29, 1.82) is 0 Å². The predicted octanol–water partition coefficient (Wildman–Crippen LogP) is 0.267. The van der Waals surface area contributed by atoms with Crippen LogP contribution in [0.15, 0.2) is 0 Å². The molecule has 1 heterocycles. The second-order valence-electron chi connectivity index (χ2n) is 4.53. The van der Waals surface area contributed by atoms with Crippen molar-refractivity contribution in [3.8, 4) is 0 Å². The number of sulfonamides is 1. The predicted molar refractivity (Wildman–Crippen MR) is 62.2 cm³/mol. The summed E-state index contributed by atoms with van der Waals surface area (Å²) in [5.74, 6) is -1.56. The average Bonchev–Trinajstić information content (AvgIpc) is 2.69. The van der Waals surface area contributed by atoms with Crippen LogP contribution >= 0.6 is 0 Å². The molecular weight excluding hydrogens is 303 g/mol.